The van der Waals surface area contributed by atoms with Gasteiger partial charge in [-0.1, -0.05) is 60.7 Å². The molecule has 0 fully saturated rings. The molecule has 0 aliphatic rings. The molecule has 130 valence electrons. The van der Waals surface area contributed by atoms with Crippen molar-refractivity contribution in [1.29, 1.82) is 0 Å². The Kier molecular flexibility index (Phi) is 2.52. The summed E-state index contributed by atoms with van der Waals surface area (Å²) in [7, 11) is 0. The Hall–Kier alpha value is -3.78. The molecule has 2 nitrogen and oxygen atoms in total. The van der Waals surface area contributed by atoms with Gasteiger partial charge in [0.1, 0.15) is 0 Å². The van der Waals surface area contributed by atoms with E-state index in [1.807, 2.05) is 0 Å². The number of benzene rings is 5. The second kappa shape index (κ2) is 4.93. The van der Waals surface area contributed by atoms with Crippen LogP contribution in [0.3, 0.4) is 0 Å². The third-order valence-electron chi connectivity index (χ3n) is 6.05. The molecule has 0 saturated carbocycles. The van der Waals surface area contributed by atoms with Crippen LogP contribution < -0.4 is 0 Å². The predicted molar refractivity (Wildman–Crippen MR) is 119 cm³/mol. The first-order valence-electron chi connectivity index (χ1n) is 9.64. The summed E-state index contributed by atoms with van der Waals surface area (Å²) < 4.78 is 2.40. The second-order valence-corrected chi connectivity index (χ2v) is 7.53. The van der Waals surface area contributed by atoms with Crippen molar-refractivity contribution < 1.29 is 0 Å². The van der Waals surface area contributed by atoms with Crippen molar-refractivity contribution in [2.75, 3.05) is 0 Å². The Morgan fingerprint density at radius 3 is 2.36 bits per heavy atom. The fourth-order valence-corrected chi connectivity index (χ4v) is 4.92. The zero-order valence-corrected chi connectivity index (χ0v) is 15.1. The molecule has 0 spiro atoms. The number of fused-ring (bicyclic) bond motifs is 4. The molecule has 0 aliphatic carbocycles. The lowest BCUT2D eigenvalue weighted by atomic mass is 10.00. The maximum atomic E-state index is 3.75. The first kappa shape index (κ1) is 14.3. The van der Waals surface area contributed by atoms with Gasteiger partial charge in [0, 0.05) is 32.7 Å². The van der Waals surface area contributed by atoms with Crippen molar-refractivity contribution in [3.8, 4) is 5.69 Å². The van der Waals surface area contributed by atoms with Crippen LogP contribution >= 0.6 is 0 Å². The normalized spacial score (nSPS) is 12.3. The summed E-state index contributed by atoms with van der Waals surface area (Å²) in [5, 5.41) is 7.84. The first-order valence-corrected chi connectivity index (χ1v) is 9.64. The molecular formula is C26H16N2. The molecular weight excluding hydrogens is 340 g/mol. The molecule has 5 aromatic carbocycles. The number of aromatic nitrogens is 2. The van der Waals surface area contributed by atoms with Gasteiger partial charge < -0.3 is 9.55 Å². The van der Waals surface area contributed by atoms with Gasteiger partial charge in [-0.3, -0.25) is 0 Å². The number of H-pyrrole nitrogens is 1. The Bertz CT molecular complexity index is 1650. The molecule has 2 heteroatoms. The van der Waals surface area contributed by atoms with Crippen LogP contribution in [0.1, 0.15) is 0 Å². The number of hydrogen-bond acceptors (Lipinski definition) is 0. The van der Waals surface area contributed by atoms with E-state index in [9.17, 15) is 0 Å². The van der Waals surface area contributed by atoms with Crippen LogP contribution in [-0.2, 0) is 0 Å². The molecule has 0 radical (unpaired) electrons. The van der Waals surface area contributed by atoms with E-state index in [4.69, 9.17) is 0 Å². The topological polar surface area (TPSA) is 20.7 Å². The van der Waals surface area contributed by atoms with Gasteiger partial charge in [-0.25, -0.2) is 0 Å². The maximum absolute atomic E-state index is 3.75. The van der Waals surface area contributed by atoms with Crippen molar-refractivity contribution in [2.45, 2.75) is 0 Å². The molecule has 28 heavy (non-hydrogen) atoms. The molecule has 1 N–H and O–H groups in total. The molecule has 2 heterocycles. The number of nitrogens with zero attached hydrogens (tertiary/aromatic N) is 1. The van der Waals surface area contributed by atoms with Gasteiger partial charge in [0.15, 0.2) is 0 Å². The van der Waals surface area contributed by atoms with Crippen LogP contribution in [0.4, 0.5) is 0 Å². The molecule has 7 rings (SSSR count). The fraction of sp³-hybridized carbons (Fsp3) is 0. The van der Waals surface area contributed by atoms with Gasteiger partial charge in [0.2, 0.25) is 0 Å². The zero-order chi connectivity index (χ0) is 18.2. The maximum Gasteiger partial charge on any atom is 0.0783 e. The van der Waals surface area contributed by atoms with Crippen LogP contribution in [0.5, 0.6) is 0 Å². The number of aromatic amines is 1. The van der Waals surface area contributed by atoms with Crippen LogP contribution in [0.25, 0.3) is 60.1 Å². The van der Waals surface area contributed by atoms with Gasteiger partial charge in [-0.15, -0.1) is 0 Å². The minimum atomic E-state index is 1.19. The van der Waals surface area contributed by atoms with Crippen molar-refractivity contribution in [3.05, 3.63) is 91.0 Å². The molecule has 0 atom stereocenters. The lowest BCUT2D eigenvalue weighted by Crippen LogP contribution is -1.93. The van der Waals surface area contributed by atoms with E-state index in [-0.39, 0.29) is 0 Å². The fourth-order valence-electron chi connectivity index (χ4n) is 4.92. The van der Waals surface area contributed by atoms with E-state index >= 15 is 0 Å². The monoisotopic (exact) mass is 356 g/mol. The Morgan fingerprint density at radius 2 is 1.43 bits per heavy atom. The minimum Gasteiger partial charge on any atom is -0.353 e. The summed E-state index contributed by atoms with van der Waals surface area (Å²) >= 11 is 0. The molecule has 0 saturated heterocycles. The van der Waals surface area contributed by atoms with Crippen LogP contribution in [-0.4, -0.2) is 9.55 Å². The SMILES string of the molecule is c1ccc(-n2c3ccccc3c3cc4ccc5cccc6[nH]c(c4c56)c32)cc1. The molecule has 0 bridgehead atoms. The predicted octanol–water partition coefficient (Wildman–Crippen LogP) is 7.01. The van der Waals surface area contributed by atoms with Gasteiger partial charge >= 0.3 is 0 Å². The average Bonchev–Trinajstić information content (AvgIpc) is 3.30. The van der Waals surface area contributed by atoms with Crippen LogP contribution in [0.2, 0.25) is 0 Å². The average molecular weight is 356 g/mol. The van der Waals surface area contributed by atoms with E-state index in [0.717, 1.165) is 0 Å². The summed E-state index contributed by atoms with van der Waals surface area (Å²) in [4.78, 5) is 3.75. The molecule has 0 aliphatic heterocycles. The highest BCUT2D eigenvalue weighted by Crippen LogP contribution is 2.42. The third kappa shape index (κ3) is 1.64. The summed E-state index contributed by atoms with van der Waals surface area (Å²) in [6.45, 7) is 0. The van der Waals surface area contributed by atoms with E-state index in [1.165, 1.54) is 60.1 Å². The van der Waals surface area contributed by atoms with Crippen molar-refractivity contribution in [1.82, 2.24) is 9.55 Å². The van der Waals surface area contributed by atoms with Gasteiger partial charge in [0.25, 0.3) is 0 Å². The number of hydrogen-bond donors (Lipinski definition) is 1. The number of nitrogens with one attached hydrogen (secondary N) is 1. The third-order valence-corrected chi connectivity index (χ3v) is 6.05. The van der Waals surface area contributed by atoms with Crippen molar-refractivity contribution >= 4 is 54.4 Å². The number of para-hydroxylation sites is 2. The Balaban J connectivity index is 1.84. The van der Waals surface area contributed by atoms with Crippen molar-refractivity contribution in [3.63, 3.8) is 0 Å². The highest BCUT2D eigenvalue weighted by atomic mass is 15.0. The smallest absolute Gasteiger partial charge is 0.0783 e. The highest BCUT2D eigenvalue weighted by Gasteiger charge is 2.19. The van der Waals surface area contributed by atoms with E-state index in [0.29, 0.717) is 0 Å². The quantitative estimate of drug-likeness (QED) is 0.305. The standard InChI is InChI=1S/C26H16N2/c1-2-8-18(9-3-1)28-22-12-5-4-10-19(22)20-15-17-14-13-16-7-6-11-21-23(16)24(17)25(27-21)26(20)28/h1-15,27H. The lowest BCUT2D eigenvalue weighted by molar-refractivity contribution is 1.18. The molecule has 0 unspecified atom stereocenters. The zero-order valence-electron chi connectivity index (χ0n) is 15.1. The Morgan fingerprint density at radius 1 is 0.607 bits per heavy atom. The van der Waals surface area contributed by atoms with E-state index in [2.05, 4.69) is 101 Å². The van der Waals surface area contributed by atoms with E-state index in [1.54, 1.807) is 0 Å². The first-order chi connectivity index (χ1) is 13.9. The van der Waals surface area contributed by atoms with Crippen molar-refractivity contribution in [2.24, 2.45) is 0 Å². The number of rotatable bonds is 1. The summed E-state index contributed by atoms with van der Waals surface area (Å²) in [5.74, 6) is 0. The molecule has 0 amide bonds. The minimum absolute atomic E-state index is 1.19. The molecule has 2 aromatic heterocycles. The summed E-state index contributed by atoms with van der Waals surface area (Å²) in [5.41, 5.74) is 6.11. The Labute approximate surface area is 161 Å². The summed E-state index contributed by atoms with van der Waals surface area (Å²) in [6.07, 6.45) is 0. The summed E-state index contributed by atoms with van der Waals surface area (Å²) in [6, 6.07) is 32.7. The largest absolute Gasteiger partial charge is 0.353 e. The van der Waals surface area contributed by atoms with Crippen LogP contribution in [0, 0.1) is 0 Å². The van der Waals surface area contributed by atoms with E-state index < -0.39 is 0 Å². The highest BCUT2D eigenvalue weighted by molar-refractivity contribution is 6.31. The lowest BCUT2D eigenvalue weighted by Gasteiger charge is -2.09. The second-order valence-electron chi connectivity index (χ2n) is 7.53. The van der Waals surface area contributed by atoms with Gasteiger partial charge in [0.05, 0.1) is 16.6 Å². The van der Waals surface area contributed by atoms with Gasteiger partial charge in [-0.05, 0) is 41.1 Å². The molecule has 7 aromatic rings. The van der Waals surface area contributed by atoms with Crippen LogP contribution in [0.15, 0.2) is 91.0 Å². The van der Waals surface area contributed by atoms with Gasteiger partial charge in [-0.2, -0.15) is 0 Å².